The molecule has 1 saturated carbocycles. The van der Waals surface area contributed by atoms with Gasteiger partial charge in [-0.15, -0.1) is 23.1 Å². The Balaban J connectivity index is 1.41. The van der Waals surface area contributed by atoms with Crippen LogP contribution in [0.3, 0.4) is 0 Å². The zero-order valence-electron chi connectivity index (χ0n) is 19.3. The molecule has 2 aromatic rings. The monoisotopic (exact) mass is 468 g/mol. The molecule has 1 fully saturated rings. The van der Waals surface area contributed by atoms with Crippen molar-refractivity contribution in [2.75, 3.05) is 6.54 Å². The van der Waals surface area contributed by atoms with Crippen LogP contribution in [0.5, 0.6) is 5.75 Å². The van der Waals surface area contributed by atoms with Crippen molar-refractivity contribution >= 4 is 44.0 Å². The molecule has 1 aromatic carbocycles. The second-order valence-corrected chi connectivity index (χ2v) is 12.0. The zero-order chi connectivity index (χ0) is 21.9. The Labute approximate surface area is 201 Å². The Bertz CT molecular complexity index is 995. The smallest absolute Gasteiger partial charge is 0.133 e. The summed E-state index contributed by atoms with van der Waals surface area (Å²) >= 11 is 3.68. The number of hydrogen-bond acceptors (Lipinski definition) is 5. The first kappa shape index (κ1) is 22.3. The van der Waals surface area contributed by atoms with E-state index in [0.717, 1.165) is 46.8 Å². The van der Waals surface area contributed by atoms with Gasteiger partial charge < -0.3 is 10.0 Å². The molecule has 1 aromatic heterocycles. The van der Waals surface area contributed by atoms with Crippen LogP contribution in [0.1, 0.15) is 82.3 Å². The predicted molar refractivity (Wildman–Crippen MR) is 141 cm³/mol. The Morgan fingerprint density at radius 3 is 2.81 bits per heavy atom. The number of thiophene rings is 1. The molecule has 0 bridgehead atoms. The minimum atomic E-state index is 0.440. The predicted octanol–water partition coefficient (Wildman–Crippen LogP) is 8.17. The number of aryl methyl sites for hydroxylation is 1. The summed E-state index contributed by atoms with van der Waals surface area (Å²) in [6.07, 6.45) is 16.1. The van der Waals surface area contributed by atoms with E-state index in [1.165, 1.54) is 80.1 Å². The fraction of sp³-hybridized carbons (Fsp3) is 0.593. The molecule has 3 heterocycles. The van der Waals surface area contributed by atoms with Crippen LogP contribution in [0.4, 0.5) is 5.00 Å². The van der Waals surface area contributed by atoms with Crippen LogP contribution >= 0.6 is 23.1 Å². The molecule has 32 heavy (non-hydrogen) atoms. The van der Waals surface area contributed by atoms with Crippen LogP contribution in [0.2, 0.25) is 0 Å². The number of fused-ring (bicyclic) bond motifs is 3. The van der Waals surface area contributed by atoms with Crippen molar-refractivity contribution in [2.45, 2.75) is 89.3 Å². The van der Waals surface area contributed by atoms with Gasteiger partial charge in [0, 0.05) is 35.7 Å². The standard InChI is InChI=1S/C27H36N2OS2/c1-2-3-7-20-16-22-23-18-29(14-13-21-10-6-15-31-21)25(12-11-19-8-4-5-9-19)28-27(23)32-26(22)24(30)17-20/h6,15-17,19,21,30H,2-5,7-14,18H2,1H3. The molecule has 1 atom stereocenters. The van der Waals surface area contributed by atoms with Gasteiger partial charge in [-0.25, -0.2) is 4.99 Å². The fourth-order valence-electron chi connectivity index (χ4n) is 5.48. The van der Waals surface area contributed by atoms with Gasteiger partial charge >= 0.3 is 0 Å². The lowest BCUT2D eigenvalue weighted by molar-refractivity contribution is 0.383. The van der Waals surface area contributed by atoms with Crippen molar-refractivity contribution in [1.82, 2.24) is 4.90 Å². The number of aliphatic imine (C=N–C) groups is 1. The lowest BCUT2D eigenvalue weighted by Crippen LogP contribution is -2.34. The van der Waals surface area contributed by atoms with Crippen LogP contribution in [-0.2, 0) is 13.0 Å². The maximum Gasteiger partial charge on any atom is 0.133 e. The SMILES string of the molecule is CCCCc1cc(O)c2sc3c(c2c1)CN(CCC1CC=CS1)C(CCC1CCCC1)=N3. The van der Waals surface area contributed by atoms with E-state index < -0.39 is 0 Å². The second-order valence-electron chi connectivity index (χ2n) is 9.77. The Kier molecular flexibility index (Phi) is 7.13. The van der Waals surface area contributed by atoms with Crippen molar-refractivity contribution in [3.05, 3.63) is 34.7 Å². The first-order chi connectivity index (χ1) is 15.7. The van der Waals surface area contributed by atoms with E-state index in [2.05, 4.69) is 29.4 Å². The molecular weight excluding hydrogens is 432 g/mol. The number of unbranched alkanes of at least 4 members (excludes halogenated alkanes) is 1. The zero-order valence-corrected chi connectivity index (χ0v) is 20.9. The maximum atomic E-state index is 10.8. The number of allylic oxidation sites excluding steroid dienone is 1. The van der Waals surface area contributed by atoms with E-state index in [1.54, 1.807) is 11.3 Å². The summed E-state index contributed by atoms with van der Waals surface area (Å²) in [7, 11) is 0. The van der Waals surface area contributed by atoms with E-state index >= 15 is 0 Å². The summed E-state index contributed by atoms with van der Waals surface area (Å²) in [6.45, 7) is 4.25. The molecule has 3 nitrogen and oxygen atoms in total. The average Bonchev–Trinajstić information content (AvgIpc) is 3.56. The Hall–Kier alpha value is -1.46. The molecule has 172 valence electrons. The topological polar surface area (TPSA) is 35.8 Å². The summed E-state index contributed by atoms with van der Waals surface area (Å²) < 4.78 is 1.02. The van der Waals surface area contributed by atoms with Crippen molar-refractivity contribution in [3.63, 3.8) is 0 Å². The molecule has 1 unspecified atom stereocenters. The number of amidine groups is 1. The van der Waals surface area contributed by atoms with Crippen molar-refractivity contribution in [2.24, 2.45) is 10.9 Å². The van der Waals surface area contributed by atoms with Gasteiger partial charge in [0.1, 0.15) is 16.6 Å². The Morgan fingerprint density at radius 1 is 1.16 bits per heavy atom. The van der Waals surface area contributed by atoms with Gasteiger partial charge in [-0.3, -0.25) is 0 Å². The molecule has 0 amide bonds. The number of rotatable bonds is 9. The van der Waals surface area contributed by atoms with Crippen LogP contribution in [0.15, 0.2) is 28.6 Å². The van der Waals surface area contributed by atoms with Crippen LogP contribution in [-0.4, -0.2) is 27.6 Å². The first-order valence-corrected chi connectivity index (χ1v) is 14.4. The third-order valence-electron chi connectivity index (χ3n) is 7.41. The summed E-state index contributed by atoms with van der Waals surface area (Å²) in [5.74, 6) is 2.62. The molecular formula is C27H36N2OS2. The third kappa shape index (κ3) is 4.89. The number of phenolic OH excluding ortho intramolecular Hbond substituents is 1. The molecule has 2 aliphatic heterocycles. The van der Waals surface area contributed by atoms with Crippen molar-refractivity contribution in [3.8, 4) is 5.75 Å². The summed E-state index contributed by atoms with van der Waals surface area (Å²) in [4.78, 5) is 7.80. The fourth-order valence-corrected chi connectivity index (χ4v) is 7.49. The number of aromatic hydroxyl groups is 1. The lowest BCUT2D eigenvalue weighted by atomic mass is 10.00. The van der Waals surface area contributed by atoms with E-state index in [-0.39, 0.29) is 0 Å². The summed E-state index contributed by atoms with van der Waals surface area (Å²) in [5, 5.41) is 16.1. The van der Waals surface area contributed by atoms with E-state index in [4.69, 9.17) is 4.99 Å². The average molecular weight is 469 g/mol. The summed E-state index contributed by atoms with van der Waals surface area (Å²) in [5.41, 5.74) is 2.59. The van der Waals surface area contributed by atoms with Gasteiger partial charge in [0.05, 0.1) is 4.70 Å². The number of phenols is 1. The molecule has 0 spiro atoms. The number of thioether (sulfide) groups is 1. The number of hydrogen-bond donors (Lipinski definition) is 1. The number of benzene rings is 1. The summed E-state index contributed by atoms with van der Waals surface area (Å²) in [6, 6.07) is 4.31. The minimum Gasteiger partial charge on any atom is -0.506 e. The molecule has 5 rings (SSSR count). The molecule has 0 radical (unpaired) electrons. The second kappa shape index (κ2) is 10.2. The molecule has 3 aliphatic rings. The molecule has 0 saturated heterocycles. The van der Waals surface area contributed by atoms with E-state index in [9.17, 15) is 5.11 Å². The lowest BCUT2D eigenvalue weighted by Gasteiger charge is -2.31. The number of nitrogens with zero attached hydrogens (tertiary/aromatic N) is 2. The van der Waals surface area contributed by atoms with Gasteiger partial charge in [-0.2, -0.15) is 0 Å². The normalized spacial score (nSPS) is 21.0. The highest BCUT2D eigenvalue weighted by molar-refractivity contribution is 8.03. The maximum absolute atomic E-state index is 10.8. The largest absolute Gasteiger partial charge is 0.506 e. The van der Waals surface area contributed by atoms with Gasteiger partial charge in [0.2, 0.25) is 0 Å². The van der Waals surface area contributed by atoms with Crippen LogP contribution in [0, 0.1) is 5.92 Å². The highest BCUT2D eigenvalue weighted by Gasteiger charge is 2.27. The van der Waals surface area contributed by atoms with Gasteiger partial charge in [-0.1, -0.05) is 45.1 Å². The van der Waals surface area contributed by atoms with Crippen LogP contribution in [0.25, 0.3) is 10.1 Å². The van der Waals surface area contributed by atoms with Gasteiger partial charge in [0.15, 0.2) is 0 Å². The highest BCUT2D eigenvalue weighted by atomic mass is 32.2. The third-order valence-corrected chi connectivity index (χ3v) is 9.74. The molecule has 1 aliphatic carbocycles. The minimum absolute atomic E-state index is 0.440. The van der Waals surface area contributed by atoms with Crippen LogP contribution < -0.4 is 0 Å². The van der Waals surface area contributed by atoms with Gasteiger partial charge in [0.25, 0.3) is 0 Å². The first-order valence-electron chi connectivity index (χ1n) is 12.6. The van der Waals surface area contributed by atoms with Crippen molar-refractivity contribution < 1.29 is 5.11 Å². The van der Waals surface area contributed by atoms with Gasteiger partial charge in [-0.05, 0) is 61.1 Å². The molecule has 5 heteroatoms. The van der Waals surface area contributed by atoms with E-state index in [1.807, 2.05) is 17.8 Å². The highest BCUT2D eigenvalue weighted by Crippen LogP contribution is 2.46. The molecule has 1 N–H and O–H groups in total. The van der Waals surface area contributed by atoms with Crippen molar-refractivity contribution in [1.29, 1.82) is 0 Å². The quantitative estimate of drug-likeness (QED) is 0.403. The van der Waals surface area contributed by atoms with E-state index in [0.29, 0.717) is 5.75 Å². The Morgan fingerprint density at radius 2 is 2.03 bits per heavy atom.